The lowest BCUT2D eigenvalue weighted by Gasteiger charge is -2.28. The number of hydrogen-bond acceptors (Lipinski definition) is 5. The van der Waals surface area contributed by atoms with Crippen LogP contribution in [0, 0.1) is 16.0 Å². The normalized spacial score (nSPS) is 17.3. The van der Waals surface area contributed by atoms with Gasteiger partial charge in [0.2, 0.25) is 0 Å². The van der Waals surface area contributed by atoms with Crippen molar-refractivity contribution >= 4 is 11.5 Å². The molecule has 0 saturated carbocycles. The zero-order valence-electron chi connectivity index (χ0n) is 11.2. The first-order valence-electron chi connectivity index (χ1n) is 6.68. The largest absolute Gasteiger partial charge is 0.370 e. The Morgan fingerprint density at radius 1 is 1.53 bits per heavy atom. The summed E-state index contributed by atoms with van der Waals surface area (Å²) in [5, 5.41) is 13.8. The summed E-state index contributed by atoms with van der Waals surface area (Å²) in [6.07, 6.45) is 5.04. The molecule has 1 aliphatic heterocycles. The van der Waals surface area contributed by atoms with Crippen LogP contribution in [0.15, 0.2) is 18.3 Å². The highest BCUT2D eigenvalue weighted by atomic mass is 16.6. The molecule has 6 nitrogen and oxygen atoms in total. The molecule has 0 bridgehead atoms. The molecule has 0 atom stereocenters. The highest BCUT2D eigenvalue weighted by Gasteiger charge is 2.16. The van der Waals surface area contributed by atoms with Crippen LogP contribution in [0.1, 0.15) is 19.3 Å². The zero-order valence-corrected chi connectivity index (χ0v) is 11.2. The minimum absolute atomic E-state index is 0.0804. The Balaban J connectivity index is 1.76. The minimum Gasteiger partial charge on any atom is -0.370 e. The van der Waals surface area contributed by atoms with Gasteiger partial charge in [-0.3, -0.25) is 10.1 Å². The first-order valence-corrected chi connectivity index (χ1v) is 6.68. The van der Waals surface area contributed by atoms with Crippen molar-refractivity contribution in [3.05, 3.63) is 28.4 Å². The molecule has 1 N–H and O–H groups in total. The number of nitrogens with zero attached hydrogens (tertiary/aromatic N) is 3. The summed E-state index contributed by atoms with van der Waals surface area (Å²) in [6, 6.07) is 2.89. The molecule has 104 valence electrons. The second-order valence-corrected chi connectivity index (χ2v) is 5.12. The molecule has 0 aromatic carbocycles. The maximum absolute atomic E-state index is 10.7. The molecule has 1 aliphatic rings. The van der Waals surface area contributed by atoms with Crippen LogP contribution in [0.2, 0.25) is 0 Å². The summed E-state index contributed by atoms with van der Waals surface area (Å²) in [6.45, 7) is 3.15. The molecule has 2 heterocycles. The van der Waals surface area contributed by atoms with Crippen molar-refractivity contribution in [2.24, 2.45) is 5.92 Å². The van der Waals surface area contributed by atoms with E-state index in [4.69, 9.17) is 0 Å². The Kier molecular flexibility index (Phi) is 4.68. The smallest absolute Gasteiger partial charge is 0.274 e. The van der Waals surface area contributed by atoms with E-state index in [1.54, 1.807) is 0 Å². The topological polar surface area (TPSA) is 71.3 Å². The molecule has 0 unspecified atom stereocenters. The van der Waals surface area contributed by atoms with E-state index in [-0.39, 0.29) is 5.69 Å². The van der Waals surface area contributed by atoms with Crippen LogP contribution in [0.5, 0.6) is 0 Å². The van der Waals surface area contributed by atoms with Gasteiger partial charge in [0.25, 0.3) is 5.69 Å². The van der Waals surface area contributed by atoms with Crippen LogP contribution in [0.25, 0.3) is 0 Å². The van der Waals surface area contributed by atoms with Gasteiger partial charge in [0.05, 0.1) is 11.0 Å². The number of nitrogens with one attached hydrogen (secondary N) is 1. The molecule has 6 heteroatoms. The van der Waals surface area contributed by atoms with E-state index in [9.17, 15) is 10.1 Å². The lowest BCUT2D eigenvalue weighted by atomic mass is 9.94. The number of pyridine rings is 1. The summed E-state index contributed by atoms with van der Waals surface area (Å²) in [7, 11) is 2.15. The quantitative estimate of drug-likeness (QED) is 0.651. The van der Waals surface area contributed by atoms with Gasteiger partial charge >= 0.3 is 0 Å². The minimum atomic E-state index is -0.399. The molecule has 1 aromatic rings. The van der Waals surface area contributed by atoms with E-state index in [1.807, 2.05) is 0 Å². The van der Waals surface area contributed by atoms with Crippen LogP contribution >= 0.6 is 0 Å². The number of piperidine rings is 1. The maximum atomic E-state index is 10.7. The van der Waals surface area contributed by atoms with Crippen molar-refractivity contribution in [2.75, 3.05) is 32.0 Å². The van der Waals surface area contributed by atoms with Crippen molar-refractivity contribution < 1.29 is 4.92 Å². The molecule has 2 rings (SSSR count). The van der Waals surface area contributed by atoms with Gasteiger partial charge in [-0.05, 0) is 45.3 Å². The molecule has 1 fully saturated rings. The van der Waals surface area contributed by atoms with E-state index >= 15 is 0 Å². The summed E-state index contributed by atoms with van der Waals surface area (Å²) < 4.78 is 0. The van der Waals surface area contributed by atoms with Gasteiger partial charge in [0, 0.05) is 18.8 Å². The fourth-order valence-electron chi connectivity index (χ4n) is 2.38. The third kappa shape index (κ3) is 4.17. The van der Waals surface area contributed by atoms with Gasteiger partial charge in [-0.1, -0.05) is 0 Å². The van der Waals surface area contributed by atoms with E-state index in [0.717, 1.165) is 18.9 Å². The van der Waals surface area contributed by atoms with E-state index in [2.05, 4.69) is 22.2 Å². The van der Waals surface area contributed by atoms with Crippen molar-refractivity contribution in [1.29, 1.82) is 0 Å². The Bertz CT molecular complexity index is 430. The van der Waals surface area contributed by atoms with Crippen LogP contribution in [-0.2, 0) is 0 Å². The van der Waals surface area contributed by atoms with Crippen molar-refractivity contribution in [2.45, 2.75) is 19.3 Å². The van der Waals surface area contributed by atoms with Gasteiger partial charge in [0.1, 0.15) is 5.82 Å². The summed E-state index contributed by atoms with van der Waals surface area (Å²) in [5.41, 5.74) is 0.0804. The van der Waals surface area contributed by atoms with Crippen molar-refractivity contribution in [3.8, 4) is 0 Å². The summed E-state index contributed by atoms with van der Waals surface area (Å²) in [5.74, 6) is 1.34. The van der Waals surface area contributed by atoms with Gasteiger partial charge in [-0.2, -0.15) is 0 Å². The van der Waals surface area contributed by atoms with Crippen molar-refractivity contribution in [1.82, 2.24) is 9.88 Å². The molecule has 1 saturated heterocycles. The van der Waals surface area contributed by atoms with Crippen LogP contribution < -0.4 is 5.32 Å². The predicted molar refractivity (Wildman–Crippen MR) is 74.2 cm³/mol. The number of aromatic nitrogens is 1. The molecule has 1 aromatic heterocycles. The molecule has 19 heavy (non-hydrogen) atoms. The first kappa shape index (κ1) is 13.7. The molecular formula is C13H20N4O2. The second-order valence-electron chi connectivity index (χ2n) is 5.12. The highest BCUT2D eigenvalue weighted by Crippen LogP contribution is 2.20. The van der Waals surface area contributed by atoms with Gasteiger partial charge in [-0.25, -0.2) is 4.98 Å². The Labute approximate surface area is 113 Å². The number of rotatable bonds is 5. The Hall–Kier alpha value is -1.69. The average Bonchev–Trinajstić information content (AvgIpc) is 2.41. The summed E-state index contributed by atoms with van der Waals surface area (Å²) in [4.78, 5) is 16.7. The van der Waals surface area contributed by atoms with Crippen molar-refractivity contribution in [3.63, 3.8) is 0 Å². The van der Waals surface area contributed by atoms with Crippen LogP contribution in [-0.4, -0.2) is 41.5 Å². The van der Waals surface area contributed by atoms with E-state index in [0.29, 0.717) is 5.82 Å². The monoisotopic (exact) mass is 264 g/mol. The highest BCUT2D eigenvalue weighted by molar-refractivity contribution is 5.44. The van der Waals surface area contributed by atoms with Crippen LogP contribution in [0.3, 0.4) is 0 Å². The Morgan fingerprint density at radius 3 is 2.95 bits per heavy atom. The number of hydrogen-bond donors (Lipinski definition) is 1. The summed E-state index contributed by atoms with van der Waals surface area (Å²) >= 11 is 0. The molecule has 0 aliphatic carbocycles. The number of anilines is 1. The van der Waals surface area contributed by atoms with Gasteiger partial charge in [0.15, 0.2) is 0 Å². The third-order valence-corrected chi connectivity index (χ3v) is 3.65. The van der Waals surface area contributed by atoms with Gasteiger partial charge in [-0.15, -0.1) is 0 Å². The molecule has 0 radical (unpaired) electrons. The predicted octanol–water partition coefficient (Wildman–Crippen LogP) is 2.13. The second kappa shape index (κ2) is 6.47. The number of nitro groups is 1. The van der Waals surface area contributed by atoms with Crippen LogP contribution in [0.4, 0.5) is 11.5 Å². The molecule has 0 amide bonds. The SMILES string of the molecule is CN1CCC(CCNc2cc([N+](=O)[O-])ccn2)CC1. The average molecular weight is 264 g/mol. The molecular weight excluding hydrogens is 244 g/mol. The fourth-order valence-corrected chi connectivity index (χ4v) is 2.38. The Morgan fingerprint density at radius 2 is 2.26 bits per heavy atom. The lowest BCUT2D eigenvalue weighted by Crippen LogP contribution is -2.30. The maximum Gasteiger partial charge on any atom is 0.274 e. The first-order chi connectivity index (χ1) is 9.15. The standard InChI is InChI=1S/C13H20N4O2/c1-16-8-4-11(5-9-16)2-6-14-13-10-12(17(18)19)3-7-15-13/h3,7,10-11H,2,4-6,8-9H2,1H3,(H,14,15). The lowest BCUT2D eigenvalue weighted by molar-refractivity contribution is -0.384. The number of likely N-dealkylation sites (tertiary alicyclic amines) is 1. The molecule has 0 spiro atoms. The van der Waals surface area contributed by atoms with Gasteiger partial charge < -0.3 is 10.2 Å². The van der Waals surface area contributed by atoms with E-state index in [1.165, 1.54) is 44.3 Å². The zero-order chi connectivity index (χ0) is 13.7. The third-order valence-electron chi connectivity index (χ3n) is 3.65. The van der Waals surface area contributed by atoms with E-state index < -0.39 is 4.92 Å². The fraction of sp³-hybridized carbons (Fsp3) is 0.615.